The molecule has 4 nitrogen and oxygen atoms in total. The first kappa shape index (κ1) is 11.8. The highest BCUT2D eigenvalue weighted by Gasteiger charge is 2.24. The van der Waals surface area contributed by atoms with Gasteiger partial charge in [-0.25, -0.2) is 0 Å². The van der Waals surface area contributed by atoms with E-state index < -0.39 is 0 Å². The van der Waals surface area contributed by atoms with E-state index in [1.54, 1.807) is 0 Å². The predicted octanol–water partition coefficient (Wildman–Crippen LogP) is 1.12. The minimum atomic E-state index is 0.144. The molecule has 98 valence electrons. The van der Waals surface area contributed by atoms with Gasteiger partial charge in [-0.2, -0.15) is 0 Å². The number of fused-ring (bicyclic) bond motifs is 1. The van der Waals surface area contributed by atoms with E-state index in [2.05, 4.69) is 17.1 Å². The largest absolute Gasteiger partial charge is 0.486 e. The Kier molecular flexibility index (Phi) is 3.39. The molecule has 1 aromatic carbocycles. The molecule has 1 fully saturated rings. The third-order valence-electron chi connectivity index (χ3n) is 3.48. The number of piperazine rings is 1. The first-order valence-electron chi connectivity index (χ1n) is 6.65. The molecule has 18 heavy (non-hydrogen) atoms. The van der Waals surface area contributed by atoms with Gasteiger partial charge in [-0.15, -0.1) is 0 Å². The van der Waals surface area contributed by atoms with Crippen LogP contribution in [0.3, 0.4) is 0 Å². The van der Waals surface area contributed by atoms with Crippen molar-refractivity contribution in [3.05, 3.63) is 24.3 Å². The third kappa shape index (κ3) is 2.60. The standard InChI is InChI=1S/C14H20N2O2/c1-11-8-16(7-6-15-11)9-12-10-17-13-4-2-3-5-14(13)18-12/h2-5,11-12,15H,6-10H2,1H3/t11-,12?/m0/s1. The highest BCUT2D eigenvalue weighted by Crippen LogP contribution is 2.31. The Morgan fingerprint density at radius 3 is 3.00 bits per heavy atom. The predicted molar refractivity (Wildman–Crippen MR) is 70.3 cm³/mol. The molecule has 2 aliphatic heterocycles. The van der Waals surface area contributed by atoms with Crippen LogP contribution in [0.25, 0.3) is 0 Å². The molecule has 1 N–H and O–H groups in total. The van der Waals surface area contributed by atoms with E-state index in [9.17, 15) is 0 Å². The lowest BCUT2D eigenvalue weighted by Crippen LogP contribution is -2.52. The molecule has 1 saturated heterocycles. The van der Waals surface area contributed by atoms with Crippen molar-refractivity contribution in [1.29, 1.82) is 0 Å². The lowest BCUT2D eigenvalue weighted by molar-refractivity contribution is 0.0510. The van der Waals surface area contributed by atoms with Gasteiger partial charge < -0.3 is 14.8 Å². The molecule has 1 unspecified atom stereocenters. The van der Waals surface area contributed by atoms with Crippen LogP contribution in [0, 0.1) is 0 Å². The van der Waals surface area contributed by atoms with Crippen molar-refractivity contribution in [2.45, 2.75) is 19.1 Å². The minimum Gasteiger partial charge on any atom is -0.486 e. The van der Waals surface area contributed by atoms with Gasteiger partial charge >= 0.3 is 0 Å². The summed E-state index contributed by atoms with van der Waals surface area (Å²) in [5, 5.41) is 3.45. The Labute approximate surface area is 108 Å². The Bertz CT molecular complexity index is 411. The van der Waals surface area contributed by atoms with Crippen LogP contribution < -0.4 is 14.8 Å². The highest BCUT2D eigenvalue weighted by molar-refractivity contribution is 5.40. The van der Waals surface area contributed by atoms with Gasteiger partial charge in [0.15, 0.2) is 11.5 Å². The van der Waals surface area contributed by atoms with Crippen LogP contribution in [0.5, 0.6) is 11.5 Å². The third-order valence-corrected chi connectivity index (χ3v) is 3.48. The van der Waals surface area contributed by atoms with Gasteiger partial charge in [-0.05, 0) is 19.1 Å². The summed E-state index contributed by atoms with van der Waals surface area (Å²) in [5.41, 5.74) is 0. The van der Waals surface area contributed by atoms with E-state index in [0.29, 0.717) is 12.6 Å². The molecule has 0 saturated carbocycles. The van der Waals surface area contributed by atoms with Crippen LogP contribution in [0.4, 0.5) is 0 Å². The molecule has 1 aromatic rings. The second kappa shape index (κ2) is 5.16. The first-order chi connectivity index (χ1) is 8.81. The summed E-state index contributed by atoms with van der Waals surface area (Å²) >= 11 is 0. The topological polar surface area (TPSA) is 33.7 Å². The Balaban J connectivity index is 1.59. The zero-order chi connectivity index (χ0) is 12.4. The molecule has 2 atom stereocenters. The number of hydrogen-bond donors (Lipinski definition) is 1. The van der Waals surface area contributed by atoms with Crippen LogP contribution in [0.15, 0.2) is 24.3 Å². The highest BCUT2D eigenvalue weighted by atomic mass is 16.6. The average Bonchev–Trinajstić information content (AvgIpc) is 2.39. The smallest absolute Gasteiger partial charge is 0.161 e. The molecular weight excluding hydrogens is 228 g/mol. The van der Waals surface area contributed by atoms with Crippen molar-refractivity contribution >= 4 is 0 Å². The number of nitrogens with one attached hydrogen (secondary N) is 1. The summed E-state index contributed by atoms with van der Waals surface area (Å²) in [4.78, 5) is 2.45. The van der Waals surface area contributed by atoms with Crippen molar-refractivity contribution in [3.8, 4) is 11.5 Å². The lowest BCUT2D eigenvalue weighted by Gasteiger charge is -2.35. The zero-order valence-electron chi connectivity index (χ0n) is 10.8. The van der Waals surface area contributed by atoms with Crippen LogP contribution in [0.1, 0.15) is 6.92 Å². The molecule has 0 radical (unpaired) electrons. The summed E-state index contributed by atoms with van der Waals surface area (Å²) in [6, 6.07) is 8.45. The van der Waals surface area contributed by atoms with Crippen LogP contribution >= 0.6 is 0 Å². The number of para-hydroxylation sites is 2. The normalized spacial score (nSPS) is 28.1. The van der Waals surface area contributed by atoms with Crippen LogP contribution in [-0.2, 0) is 0 Å². The number of hydrogen-bond acceptors (Lipinski definition) is 4. The van der Waals surface area contributed by atoms with Crippen LogP contribution in [-0.4, -0.2) is 49.8 Å². The number of nitrogens with zero attached hydrogens (tertiary/aromatic N) is 1. The first-order valence-corrected chi connectivity index (χ1v) is 6.65. The van der Waals surface area contributed by atoms with E-state index in [1.165, 1.54) is 0 Å². The summed E-state index contributed by atoms with van der Waals surface area (Å²) in [7, 11) is 0. The van der Waals surface area contributed by atoms with Gasteiger partial charge in [0.25, 0.3) is 0 Å². The molecule has 3 rings (SSSR count). The molecule has 0 aromatic heterocycles. The average molecular weight is 248 g/mol. The molecule has 0 bridgehead atoms. The van der Waals surface area contributed by atoms with Gasteiger partial charge in [0.2, 0.25) is 0 Å². The maximum absolute atomic E-state index is 5.98. The monoisotopic (exact) mass is 248 g/mol. The Morgan fingerprint density at radius 2 is 2.17 bits per heavy atom. The summed E-state index contributed by atoms with van der Waals surface area (Å²) in [6.45, 7) is 7.05. The van der Waals surface area contributed by atoms with Crippen LogP contribution in [0.2, 0.25) is 0 Å². The molecule has 4 heteroatoms. The molecule has 2 heterocycles. The van der Waals surface area contributed by atoms with Crippen molar-refractivity contribution in [3.63, 3.8) is 0 Å². The minimum absolute atomic E-state index is 0.144. The summed E-state index contributed by atoms with van der Waals surface area (Å²) in [6.07, 6.45) is 0.144. The lowest BCUT2D eigenvalue weighted by atomic mass is 10.2. The van der Waals surface area contributed by atoms with Gasteiger partial charge in [0.1, 0.15) is 12.7 Å². The summed E-state index contributed by atoms with van der Waals surface area (Å²) in [5.74, 6) is 1.74. The SMILES string of the molecule is C[C@H]1CN(CC2COc3ccccc3O2)CCN1. The van der Waals surface area contributed by atoms with E-state index >= 15 is 0 Å². The maximum Gasteiger partial charge on any atom is 0.161 e. The van der Waals surface area contributed by atoms with E-state index in [4.69, 9.17) is 9.47 Å². The summed E-state index contributed by atoms with van der Waals surface area (Å²) < 4.78 is 11.7. The molecule has 0 amide bonds. The Hall–Kier alpha value is -1.26. The zero-order valence-corrected chi connectivity index (χ0v) is 10.8. The van der Waals surface area contributed by atoms with Gasteiger partial charge in [-0.3, -0.25) is 4.90 Å². The van der Waals surface area contributed by atoms with Gasteiger partial charge in [0, 0.05) is 32.2 Å². The van der Waals surface area contributed by atoms with Gasteiger partial charge in [0.05, 0.1) is 0 Å². The Morgan fingerprint density at radius 1 is 1.33 bits per heavy atom. The van der Waals surface area contributed by atoms with E-state index in [-0.39, 0.29) is 6.10 Å². The van der Waals surface area contributed by atoms with Crippen molar-refractivity contribution < 1.29 is 9.47 Å². The van der Waals surface area contributed by atoms with Gasteiger partial charge in [-0.1, -0.05) is 12.1 Å². The van der Waals surface area contributed by atoms with E-state index in [0.717, 1.165) is 37.7 Å². The fraction of sp³-hybridized carbons (Fsp3) is 0.571. The molecule has 0 aliphatic carbocycles. The number of rotatable bonds is 2. The second-order valence-electron chi connectivity index (χ2n) is 5.11. The van der Waals surface area contributed by atoms with Crippen molar-refractivity contribution in [2.75, 3.05) is 32.8 Å². The molecule has 0 spiro atoms. The quantitative estimate of drug-likeness (QED) is 0.850. The maximum atomic E-state index is 5.98. The number of benzene rings is 1. The molecule has 2 aliphatic rings. The molecular formula is C14H20N2O2. The second-order valence-corrected chi connectivity index (χ2v) is 5.11. The van der Waals surface area contributed by atoms with E-state index in [1.807, 2.05) is 24.3 Å². The van der Waals surface area contributed by atoms with Crippen molar-refractivity contribution in [1.82, 2.24) is 10.2 Å². The fourth-order valence-electron chi connectivity index (χ4n) is 2.62. The number of ether oxygens (including phenoxy) is 2. The van der Waals surface area contributed by atoms with Crippen molar-refractivity contribution in [2.24, 2.45) is 0 Å². The fourth-order valence-corrected chi connectivity index (χ4v) is 2.62.